The van der Waals surface area contributed by atoms with Gasteiger partial charge in [-0.1, -0.05) is 53.2 Å². The minimum Gasteiger partial charge on any atom is -0.465 e. The van der Waals surface area contributed by atoms with Crippen molar-refractivity contribution in [1.82, 2.24) is 10.2 Å². The van der Waals surface area contributed by atoms with Crippen LogP contribution in [0.5, 0.6) is 0 Å². The van der Waals surface area contributed by atoms with Crippen molar-refractivity contribution in [1.29, 1.82) is 0 Å². The smallest absolute Gasteiger partial charge is 0.302 e. The molecule has 1 amide bonds. The molecular weight excluding hydrogens is 632 g/mol. The van der Waals surface area contributed by atoms with Crippen molar-refractivity contribution >= 4 is 17.8 Å². The highest BCUT2D eigenvalue weighted by atomic mass is 16.6. The Labute approximate surface area is 301 Å². The van der Waals surface area contributed by atoms with Crippen LogP contribution in [0.1, 0.15) is 126 Å². The molecule has 5 aliphatic rings. The molecule has 0 spiro atoms. The second kappa shape index (κ2) is 14.5. The number of hydrogen-bond donors (Lipinski definition) is 3. The molecule has 0 heterocycles. The number of hydrogen-bond acceptors (Lipinski definition) is 8. The molecule has 0 radical (unpaired) electrons. The van der Waals surface area contributed by atoms with Crippen LogP contribution < -0.4 is 5.32 Å². The Morgan fingerprint density at radius 3 is 2.18 bits per heavy atom. The monoisotopic (exact) mass is 701 g/mol. The van der Waals surface area contributed by atoms with Crippen LogP contribution >= 0.6 is 0 Å². The van der Waals surface area contributed by atoms with Gasteiger partial charge in [-0.3, -0.25) is 19.3 Å². The van der Waals surface area contributed by atoms with Gasteiger partial charge in [0.2, 0.25) is 5.91 Å². The summed E-state index contributed by atoms with van der Waals surface area (Å²) in [5, 5.41) is 22.2. The van der Waals surface area contributed by atoms with Gasteiger partial charge in [0.25, 0.3) is 0 Å². The topological polar surface area (TPSA) is 125 Å². The van der Waals surface area contributed by atoms with Gasteiger partial charge in [0.1, 0.15) is 12.7 Å². The minimum absolute atomic E-state index is 0.0126. The molecule has 3 N–H and O–H groups in total. The molecule has 0 aliphatic heterocycles. The highest BCUT2D eigenvalue weighted by Crippen LogP contribution is 2.76. The molecule has 0 aromatic carbocycles. The Bertz CT molecular complexity index is 1310. The molecule has 4 fully saturated rings. The predicted octanol–water partition coefficient (Wildman–Crippen LogP) is 6.06. The van der Waals surface area contributed by atoms with E-state index in [1.165, 1.54) is 19.4 Å². The Kier molecular flexibility index (Phi) is 11.3. The maximum atomic E-state index is 14.4. The summed E-state index contributed by atoms with van der Waals surface area (Å²) in [6.07, 6.45) is 12.7. The van der Waals surface area contributed by atoms with Gasteiger partial charge in [-0.25, -0.2) is 0 Å². The van der Waals surface area contributed by atoms with Gasteiger partial charge in [-0.15, -0.1) is 0 Å². The van der Waals surface area contributed by atoms with E-state index in [0.29, 0.717) is 25.6 Å². The number of aliphatic hydroxyl groups excluding tert-OH is 2. The van der Waals surface area contributed by atoms with Crippen molar-refractivity contribution in [2.45, 2.75) is 132 Å². The van der Waals surface area contributed by atoms with Crippen LogP contribution in [-0.4, -0.2) is 85.1 Å². The summed E-state index contributed by atoms with van der Waals surface area (Å²) in [4.78, 5) is 40.8. The number of carbonyl (C=O) groups excluding carboxylic acids is 3. The van der Waals surface area contributed by atoms with Crippen molar-refractivity contribution in [2.75, 3.05) is 46.0 Å². The van der Waals surface area contributed by atoms with E-state index in [-0.39, 0.29) is 77.3 Å². The first-order valence-electron chi connectivity index (χ1n) is 19.7. The van der Waals surface area contributed by atoms with Gasteiger partial charge in [0, 0.05) is 38.9 Å². The zero-order valence-electron chi connectivity index (χ0n) is 32.5. The molecular formula is C41H68N2O7. The second-order valence-electron chi connectivity index (χ2n) is 18.7. The minimum atomic E-state index is -0.461. The van der Waals surface area contributed by atoms with Gasteiger partial charge in [0.15, 0.2) is 0 Å². The van der Waals surface area contributed by atoms with Crippen LogP contribution in [0.2, 0.25) is 0 Å². The molecule has 0 aromatic rings. The summed E-state index contributed by atoms with van der Waals surface area (Å²) in [6, 6.07) is 0. The van der Waals surface area contributed by atoms with Crippen LogP contribution in [0.15, 0.2) is 11.6 Å². The predicted molar refractivity (Wildman–Crippen MR) is 194 cm³/mol. The number of nitrogens with one attached hydrogen (secondary N) is 1. The van der Waals surface area contributed by atoms with Crippen LogP contribution in [0.4, 0.5) is 0 Å². The third-order valence-electron chi connectivity index (χ3n) is 15.5. The summed E-state index contributed by atoms with van der Waals surface area (Å²) in [5.41, 5.74) is 0.842. The fourth-order valence-electron chi connectivity index (χ4n) is 12.6. The average Bonchev–Trinajstić information content (AvgIpc) is 3.03. The average molecular weight is 701 g/mol. The number of fused-ring (bicyclic) bond motifs is 7. The number of ether oxygens (including phenoxy) is 2. The molecule has 0 bridgehead atoms. The van der Waals surface area contributed by atoms with Gasteiger partial charge < -0.3 is 25.0 Å². The number of nitrogens with zero attached hydrogens (tertiary/aromatic N) is 1. The maximum Gasteiger partial charge on any atom is 0.302 e. The lowest BCUT2D eigenvalue weighted by molar-refractivity contribution is -0.226. The fourth-order valence-corrected chi connectivity index (χ4v) is 12.6. The summed E-state index contributed by atoms with van der Waals surface area (Å²) in [7, 11) is 0. The van der Waals surface area contributed by atoms with Gasteiger partial charge in [-0.05, 0) is 117 Å². The van der Waals surface area contributed by atoms with E-state index in [4.69, 9.17) is 9.47 Å². The molecule has 9 nitrogen and oxygen atoms in total. The Morgan fingerprint density at radius 1 is 0.860 bits per heavy atom. The second-order valence-corrected chi connectivity index (χ2v) is 18.7. The highest BCUT2D eigenvalue weighted by Gasteiger charge is 2.70. The third-order valence-corrected chi connectivity index (χ3v) is 15.5. The molecule has 4 saturated carbocycles. The first-order valence-corrected chi connectivity index (χ1v) is 19.7. The number of aliphatic hydroxyl groups is 2. The Balaban J connectivity index is 1.43. The van der Waals surface area contributed by atoms with Gasteiger partial charge >= 0.3 is 11.9 Å². The van der Waals surface area contributed by atoms with Crippen molar-refractivity contribution in [3.8, 4) is 0 Å². The number of amides is 1. The highest BCUT2D eigenvalue weighted by molar-refractivity contribution is 5.84. The molecule has 0 aromatic heterocycles. The van der Waals surface area contributed by atoms with Crippen molar-refractivity contribution in [3.05, 3.63) is 11.6 Å². The standard InChI is InChI=1S/C41H68N2O7/c1-28(46)49-27-38(6)32-12-15-40(8)33(37(32,5)14-13-34(38)50-29(2)47)11-10-30-31-26-36(3,4)16-18-41(31,19-17-39(30,40)7)35(48)42-20-9-21-43(22-24-44)23-25-45/h10,31-34,44-45H,9,11-27H2,1-8H3,(H,42,48)/t31-,32?,33-,34+,37+,38-,39-,40-,41+/m1/s1. The van der Waals surface area contributed by atoms with Crippen LogP contribution in [-0.2, 0) is 23.9 Å². The number of rotatable bonds is 12. The van der Waals surface area contributed by atoms with E-state index in [2.05, 4.69) is 52.9 Å². The van der Waals surface area contributed by atoms with E-state index in [1.54, 1.807) is 0 Å². The maximum absolute atomic E-state index is 14.4. The molecule has 9 heteroatoms. The van der Waals surface area contributed by atoms with Gasteiger partial charge in [0.05, 0.1) is 18.6 Å². The Hall–Kier alpha value is -1.97. The first-order chi connectivity index (χ1) is 23.4. The number of allylic oxidation sites excluding steroid dienone is 2. The summed E-state index contributed by atoms with van der Waals surface area (Å²) in [6.45, 7) is 20.2. The lowest BCUT2D eigenvalue weighted by Crippen LogP contribution is -2.66. The third kappa shape index (κ3) is 6.70. The summed E-state index contributed by atoms with van der Waals surface area (Å²) in [5.74, 6) is 0.524. The van der Waals surface area contributed by atoms with Crippen molar-refractivity contribution < 1.29 is 34.1 Å². The molecule has 50 heavy (non-hydrogen) atoms. The summed E-state index contributed by atoms with van der Waals surface area (Å²) >= 11 is 0. The van der Waals surface area contributed by atoms with Crippen molar-refractivity contribution in [2.24, 2.45) is 50.2 Å². The molecule has 0 saturated heterocycles. The zero-order valence-corrected chi connectivity index (χ0v) is 32.5. The van der Waals surface area contributed by atoms with Crippen LogP contribution in [0.25, 0.3) is 0 Å². The Morgan fingerprint density at radius 2 is 1.54 bits per heavy atom. The van der Waals surface area contributed by atoms with Crippen molar-refractivity contribution in [3.63, 3.8) is 0 Å². The molecule has 284 valence electrons. The first kappa shape index (κ1) is 39.2. The molecule has 5 rings (SSSR count). The lowest BCUT2D eigenvalue weighted by atomic mass is 9.33. The number of esters is 2. The van der Waals surface area contributed by atoms with E-state index < -0.39 is 10.8 Å². The van der Waals surface area contributed by atoms with Crippen LogP contribution in [0, 0.1) is 50.2 Å². The van der Waals surface area contributed by atoms with E-state index >= 15 is 0 Å². The molecule has 5 aliphatic carbocycles. The quantitative estimate of drug-likeness (QED) is 0.128. The zero-order chi connectivity index (χ0) is 36.8. The number of carbonyl (C=O) groups is 3. The molecule has 9 atom stereocenters. The fraction of sp³-hybridized carbons (Fsp3) is 0.878. The largest absolute Gasteiger partial charge is 0.465 e. The van der Waals surface area contributed by atoms with E-state index in [0.717, 1.165) is 77.2 Å². The lowest BCUT2D eigenvalue weighted by Gasteiger charge is -2.71. The van der Waals surface area contributed by atoms with Crippen LogP contribution in [0.3, 0.4) is 0 Å². The molecule has 1 unspecified atom stereocenters. The SMILES string of the molecule is CC(=O)OC[C@]1(C)C2CC[C@]3(C)[C@H](CC=C4[C@H]5CC(C)(C)CC[C@]5(C(=O)NCCCN(CCO)CCO)CC[C@]43C)[C@@]2(C)CC[C@@H]1OC(C)=O. The normalized spacial score (nSPS) is 40.3. The van der Waals surface area contributed by atoms with E-state index in [9.17, 15) is 24.6 Å². The van der Waals surface area contributed by atoms with Gasteiger partial charge in [-0.2, -0.15) is 0 Å². The summed E-state index contributed by atoms with van der Waals surface area (Å²) < 4.78 is 11.7. The van der Waals surface area contributed by atoms with E-state index in [1.807, 2.05) is 4.90 Å².